The number of benzene rings is 1. The van der Waals surface area contributed by atoms with Crippen molar-refractivity contribution in [1.82, 2.24) is 10.2 Å². The first kappa shape index (κ1) is 17.6. The Morgan fingerprint density at radius 3 is 2.50 bits per heavy atom. The maximum Gasteiger partial charge on any atom is 0.313 e. The molecule has 0 aliphatic rings. The van der Waals surface area contributed by atoms with Crippen LogP contribution in [0.1, 0.15) is 13.8 Å². The summed E-state index contributed by atoms with van der Waals surface area (Å²) in [6.07, 6.45) is 0. The molecule has 8 nitrogen and oxygen atoms in total. The molecule has 0 unspecified atom stereocenters. The van der Waals surface area contributed by atoms with Crippen LogP contribution in [0.15, 0.2) is 24.3 Å². The molecule has 2 amide bonds. The molecule has 0 saturated heterocycles. The molecule has 1 aromatic rings. The van der Waals surface area contributed by atoms with Crippen molar-refractivity contribution in [3.8, 4) is 0 Å². The number of hydrogen-bond acceptors (Lipinski definition) is 5. The van der Waals surface area contributed by atoms with Gasteiger partial charge in [-0.2, -0.15) is 0 Å². The Balaban J connectivity index is 2.49. The summed E-state index contributed by atoms with van der Waals surface area (Å²) in [5, 5.41) is 15.5. The van der Waals surface area contributed by atoms with Gasteiger partial charge in [-0.25, -0.2) is 0 Å². The average Bonchev–Trinajstić information content (AvgIpc) is 2.51. The Hall–Kier alpha value is -2.48. The van der Waals surface area contributed by atoms with Gasteiger partial charge in [0.25, 0.3) is 5.69 Å². The van der Waals surface area contributed by atoms with Gasteiger partial charge in [0.15, 0.2) is 0 Å². The van der Waals surface area contributed by atoms with Gasteiger partial charge in [0.1, 0.15) is 0 Å². The number of nitrogens with one attached hydrogen (secondary N) is 2. The number of likely N-dealkylation sites (N-methyl/N-ethyl adjacent to an activating group) is 1. The fourth-order valence-corrected chi connectivity index (χ4v) is 1.83. The molecule has 0 fully saturated rings. The maximum atomic E-state index is 11.7. The van der Waals surface area contributed by atoms with E-state index in [1.165, 1.54) is 24.3 Å². The third-order valence-corrected chi connectivity index (χ3v) is 3.13. The summed E-state index contributed by atoms with van der Waals surface area (Å²) in [6.45, 7) is 6.78. The predicted molar refractivity (Wildman–Crippen MR) is 82.5 cm³/mol. The lowest BCUT2D eigenvalue weighted by atomic mass is 10.3. The topological polar surface area (TPSA) is 105 Å². The third kappa shape index (κ3) is 5.49. The van der Waals surface area contributed by atoms with E-state index in [0.29, 0.717) is 13.1 Å². The fraction of sp³-hybridized carbons (Fsp3) is 0.429. The zero-order chi connectivity index (χ0) is 16.5. The van der Waals surface area contributed by atoms with E-state index in [4.69, 9.17) is 0 Å². The highest BCUT2D eigenvalue weighted by molar-refractivity contribution is 6.39. The fourth-order valence-electron chi connectivity index (χ4n) is 1.83. The van der Waals surface area contributed by atoms with Crippen molar-refractivity contribution in [2.75, 3.05) is 31.5 Å². The van der Waals surface area contributed by atoms with Crippen molar-refractivity contribution in [2.45, 2.75) is 13.8 Å². The molecule has 0 saturated carbocycles. The monoisotopic (exact) mass is 308 g/mol. The van der Waals surface area contributed by atoms with Gasteiger partial charge < -0.3 is 15.5 Å². The van der Waals surface area contributed by atoms with E-state index in [2.05, 4.69) is 15.5 Å². The number of nitro benzene ring substituents is 1. The van der Waals surface area contributed by atoms with Crippen LogP contribution < -0.4 is 10.6 Å². The van der Waals surface area contributed by atoms with Gasteiger partial charge in [-0.05, 0) is 19.2 Å². The van der Waals surface area contributed by atoms with Gasteiger partial charge >= 0.3 is 11.8 Å². The summed E-state index contributed by atoms with van der Waals surface area (Å²) in [5.74, 6) is -1.61. The number of amides is 2. The minimum absolute atomic E-state index is 0.153. The third-order valence-electron chi connectivity index (χ3n) is 3.13. The van der Waals surface area contributed by atoms with Crippen LogP contribution in [-0.4, -0.2) is 47.8 Å². The molecule has 0 aromatic heterocycles. The van der Waals surface area contributed by atoms with E-state index in [1.54, 1.807) is 0 Å². The summed E-state index contributed by atoms with van der Waals surface area (Å²) in [6, 6.07) is 5.42. The molecule has 22 heavy (non-hydrogen) atoms. The largest absolute Gasteiger partial charge is 0.347 e. The average molecular weight is 308 g/mol. The number of hydrogen-bond donors (Lipinski definition) is 2. The second kappa shape index (κ2) is 8.73. The second-order valence-electron chi connectivity index (χ2n) is 4.54. The van der Waals surface area contributed by atoms with Crippen LogP contribution in [0, 0.1) is 10.1 Å². The summed E-state index contributed by atoms with van der Waals surface area (Å²) >= 11 is 0. The van der Waals surface area contributed by atoms with E-state index in [9.17, 15) is 19.7 Å². The number of carbonyl (C=O) groups is 2. The SMILES string of the molecule is CCN(CC)CCNC(=O)C(=O)Nc1cccc([N+](=O)[O-])c1. The van der Waals surface area contributed by atoms with E-state index < -0.39 is 16.7 Å². The first-order chi connectivity index (χ1) is 10.5. The number of carbonyl (C=O) groups excluding carboxylic acids is 2. The number of nitrogens with zero attached hydrogens (tertiary/aromatic N) is 2. The molecule has 8 heteroatoms. The van der Waals surface area contributed by atoms with Crippen molar-refractivity contribution >= 4 is 23.2 Å². The van der Waals surface area contributed by atoms with Crippen LogP contribution in [0.25, 0.3) is 0 Å². The van der Waals surface area contributed by atoms with Gasteiger partial charge in [-0.3, -0.25) is 19.7 Å². The zero-order valence-corrected chi connectivity index (χ0v) is 12.7. The van der Waals surface area contributed by atoms with Crippen molar-refractivity contribution in [3.63, 3.8) is 0 Å². The lowest BCUT2D eigenvalue weighted by Gasteiger charge is -2.17. The molecule has 0 heterocycles. The molecule has 1 rings (SSSR count). The highest BCUT2D eigenvalue weighted by atomic mass is 16.6. The molecule has 0 aliphatic heterocycles. The van der Waals surface area contributed by atoms with Gasteiger partial charge in [0.2, 0.25) is 0 Å². The molecule has 1 aromatic carbocycles. The van der Waals surface area contributed by atoms with Gasteiger partial charge in [0, 0.05) is 30.9 Å². The minimum atomic E-state index is -0.847. The smallest absolute Gasteiger partial charge is 0.313 e. The summed E-state index contributed by atoms with van der Waals surface area (Å²) < 4.78 is 0. The van der Waals surface area contributed by atoms with E-state index in [0.717, 1.165) is 13.1 Å². The van der Waals surface area contributed by atoms with Crippen LogP contribution in [0.3, 0.4) is 0 Å². The Labute approximate surface area is 128 Å². The number of rotatable bonds is 7. The van der Waals surface area contributed by atoms with E-state index >= 15 is 0 Å². The normalized spacial score (nSPS) is 10.3. The van der Waals surface area contributed by atoms with Crippen LogP contribution in [0.4, 0.5) is 11.4 Å². The maximum absolute atomic E-state index is 11.7. The van der Waals surface area contributed by atoms with Crippen molar-refractivity contribution in [1.29, 1.82) is 0 Å². The molecule has 0 radical (unpaired) electrons. The van der Waals surface area contributed by atoms with Crippen LogP contribution in [0.5, 0.6) is 0 Å². The molecule has 120 valence electrons. The highest BCUT2D eigenvalue weighted by Crippen LogP contribution is 2.16. The summed E-state index contributed by atoms with van der Waals surface area (Å²) in [5.41, 5.74) is 0.0536. The number of anilines is 1. The molecule has 0 bridgehead atoms. The molecule has 0 atom stereocenters. The van der Waals surface area contributed by atoms with Gasteiger partial charge in [-0.15, -0.1) is 0 Å². The predicted octanol–water partition coefficient (Wildman–Crippen LogP) is 0.991. The number of non-ortho nitro benzene ring substituents is 1. The Kier molecular flexibility index (Phi) is 6.97. The summed E-state index contributed by atoms with van der Waals surface area (Å²) in [4.78, 5) is 35.5. The van der Waals surface area contributed by atoms with Crippen LogP contribution in [0.2, 0.25) is 0 Å². The van der Waals surface area contributed by atoms with Crippen molar-refractivity contribution in [3.05, 3.63) is 34.4 Å². The summed E-state index contributed by atoms with van der Waals surface area (Å²) in [7, 11) is 0. The molecule has 0 aliphatic carbocycles. The van der Waals surface area contributed by atoms with Gasteiger partial charge in [-0.1, -0.05) is 19.9 Å². The first-order valence-corrected chi connectivity index (χ1v) is 7.03. The zero-order valence-electron chi connectivity index (χ0n) is 12.7. The molecule has 2 N–H and O–H groups in total. The van der Waals surface area contributed by atoms with Crippen LogP contribution in [-0.2, 0) is 9.59 Å². The standard InChI is InChI=1S/C14H20N4O4/c1-3-17(4-2)9-8-15-13(19)14(20)16-11-6-5-7-12(10-11)18(21)22/h5-7,10H,3-4,8-9H2,1-2H3,(H,15,19)(H,16,20). The Morgan fingerprint density at radius 2 is 1.91 bits per heavy atom. The first-order valence-electron chi connectivity index (χ1n) is 7.03. The molecular formula is C14H20N4O4. The molecular weight excluding hydrogens is 288 g/mol. The van der Waals surface area contributed by atoms with E-state index in [-0.39, 0.29) is 11.4 Å². The Morgan fingerprint density at radius 1 is 1.23 bits per heavy atom. The second-order valence-corrected chi connectivity index (χ2v) is 4.54. The van der Waals surface area contributed by atoms with Crippen LogP contribution >= 0.6 is 0 Å². The Bertz CT molecular complexity index is 543. The highest BCUT2D eigenvalue weighted by Gasteiger charge is 2.15. The quantitative estimate of drug-likeness (QED) is 0.444. The van der Waals surface area contributed by atoms with Gasteiger partial charge in [0.05, 0.1) is 4.92 Å². The minimum Gasteiger partial charge on any atom is -0.347 e. The van der Waals surface area contributed by atoms with Crippen molar-refractivity contribution < 1.29 is 14.5 Å². The molecule has 0 spiro atoms. The van der Waals surface area contributed by atoms with Crippen molar-refractivity contribution in [2.24, 2.45) is 0 Å². The lowest BCUT2D eigenvalue weighted by molar-refractivity contribution is -0.384. The lowest BCUT2D eigenvalue weighted by Crippen LogP contribution is -2.40. The van der Waals surface area contributed by atoms with E-state index in [1.807, 2.05) is 13.8 Å². The number of nitro groups is 1.